The number of hydrogen-bond donors (Lipinski definition) is 3. The van der Waals surface area contributed by atoms with Crippen LogP contribution in [0.1, 0.15) is 10.4 Å². The molecule has 0 unspecified atom stereocenters. The second kappa shape index (κ2) is 6.20. The average Bonchev–Trinajstić information content (AvgIpc) is 3.03. The number of carbonyl (C=O) groups excluding carboxylic acids is 1. The summed E-state index contributed by atoms with van der Waals surface area (Å²) in [5, 5.41) is 15.2. The third-order valence-electron chi connectivity index (χ3n) is 5.00. The first-order chi connectivity index (χ1) is 13.9. The maximum absolute atomic E-state index is 13.3. The SMILES string of the molecule is O=C1Nc2ccc(S(=O)(=O)Nc3cc(Br)c(O)c4ccccc34)c3cccc1c23. The van der Waals surface area contributed by atoms with Gasteiger partial charge in [0.25, 0.3) is 15.9 Å². The van der Waals surface area contributed by atoms with Gasteiger partial charge in [-0.3, -0.25) is 9.52 Å². The van der Waals surface area contributed by atoms with Crippen molar-refractivity contribution in [1.29, 1.82) is 0 Å². The predicted molar refractivity (Wildman–Crippen MR) is 116 cm³/mol. The van der Waals surface area contributed by atoms with Crippen molar-refractivity contribution in [2.24, 2.45) is 0 Å². The van der Waals surface area contributed by atoms with Gasteiger partial charge in [0.05, 0.1) is 15.1 Å². The first-order valence-corrected chi connectivity index (χ1v) is 10.9. The molecule has 0 spiro atoms. The number of benzene rings is 4. The van der Waals surface area contributed by atoms with Crippen molar-refractivity contribution in [3.05, 3.63) is 70.7 Å². The lowest BCUT2D eigenvalue weighted by Gasteiger charge is -2.14. The van der Waals surface area contributed by atoms with Crippen LogP contribution in [0.3, 0.4) is 0 Å². The van der Waals surface area contributed by atoms with Crippen LogP contribution in [0.2, 0.25) is 0 Å². The molecule has 29 heavy (non-hydrogen) atoms. The summed E-state index contributed by atoms with van der Waals surface area (Å²) in [6.07, 6.45) is 0. The van der Waals surface area contributed by atoms with Gasteiger partial charge in [-0.15, -0.1) is 0 Å². The number of halogens is 1. The summed E-state index contributed by atoms with van der Waals surface area (Å²) >= 11 is 3.27. The number of amides is 1. The molecule has 6 nitrogen and oxygen atoms in total. The number of phenolic OH excluding ortho intramolecular Hbond substituents is 1. The topological polar surface area (TPSA) is 95.5 Å². The molecular weight excluding hydrogens is 456 g/mol. The fraction of sp³-hybridized carbons (Fsp3) is 0. The molecule has 1 aliphatic heterocycles. The van der Waals surface area contributed by atoms with E-state index >= 15 is 0 Å². The zero-order valence-corrected chi connectivity index (χ0v) is 17.1. The molecule has 0 radical (unpaired) electrons. The van der Waals surface area contributed by atoms with Gasteiger partial charge in [0.15, 0.2) is 0 Å². The molecule has 0 aromatic heterocycles. The minimum absolute atomic E-state index is 0.0403. The Morgan fingerprint density at radius 3 is 2.45 bits per heavy atom. The van der Waals surface area contributed by atoms with Crippen molar-refractivity contribution in [3.63, 3.8) is 0 Å². The molecule has 0 bridgehead atoms. The van der Waals surface area contributed by atoms with Crippen LogP contribution in [0.25, 0.3) is 21.5 Å². The Morgan fingerprint density at radius 2 is 1.66 bits per heavy atom. The molecule has 3 N–H and O–H groups in total. The Hall–Kier alpha value is -3.10. The van der Waals surface area contributed by atoms with Crippen molar-refractivity contribution in [2.75, 3.05) is 10.0 Å². The minimum Gasteiger partial charge on any atom is -0.506 e. The van der Waals surface area contributed by atoms with Crippen molar-refractivity contribution in [3.8, 4) is 5.75 Å². The van der Waals surface area contributed by atoms with Crippen LogP contribution in [-0.2, 0) is 10.0 Å². The number of anilines is 2. The number of fused-ring (bicyclic) bond motifs is 1. The molecule has 144 valence electrons. The highest BCUT2D eigenvalue weighted by atomic mass is 79.9. The van der Waals surface area contributed by atoms with Crippen molar-refractivity contribution in [1.82, 2.24) is 0 Å². The largest absolute Gasteiger partial charge is 0.506 e. The normalized spacial score (nSPS) is 13.1. The fourth-order valence-corrected chi connectivity index (χ4v) is 5.43. The number of nitrogens with one attached hydrogen (secondary N) is 2. The lowest BCUT2D eigenvalue weighted by Crippen LogP contribution is -2.14. The maximum Gasteiger partial charge on any atom is 0.262 e. The molecule has 4 aromatic rings. The molecule has 1 heterocycles. The third kappa shape index (κ3) is 2.67. The fourth-order valence-electron chi connectivity index (χ4n) is 3.71. The lowest BCUT2D eigenvalue weighted by molar-refractivity contribution is 0.103. The van der Waals surface area contributed by atoms with Crippen molar-refractivity contribution in [2.45, 2.75) is 4.90 Å². The summed E-state index contributed by atoms with van der Waals surface area (Å²) in [4.78, 5) is 12.2. The molecule has 1 amide bonds. The van der Waals surface area contributed by atoms with E-state index in [0.717, 1.165) is 0 Å². The van der Waals surface area contributed by atoms with Gasteiger partial charge in [0.2, 0.25) is 0 Å². The molecule has 0 atom stereocenters. The van der Waals surface area contributed by atoms with E-state index < -0.39 is 10.0 Å². The summed E-state index contributed by atoms with van der Waals surface area (Å²) in [5.41, 5.74) is 1.38. The van der Waals surface area contributed by atoms with Crippen LogP contribution in [0.15, 0.2) is 70.0 Å². The maximum atomic E-state index is 13.3. The Bertz CT molecular complexity index is 1470. The number of hydrogen-bond acceptors (Lipinski definition) is 4. The monoisotopic (exact) mass is 468 g/mol. The minimum atomic E-state index is -3.98. The van der Waals surface area contributed by atoms with Crippen LogP contribution < -0.4 is 10.0 Å². The highest BCUT2D eigenvalue weighted by Crippen LogP contribution is 2.40. The van der Waals surface area contributed by atoms with Crippen LogP contribution >= 0.6 is 15.9 Å². The Labute approximate surface area is 174 Å². The number of carbonyl (C=O) groups is 1. The van der Waals surface area contributed by atoms with E-state index in [1.54, 1.807) is 48.5 Å². The Balaban J connectivity index is 1.70. The molecule has 0 aliphatic carbocycles. The first-order valence-electron chi connectivity index (χ1n) is 8.67. The second-order valence-corrected chi connectivity index (χ2v) is 9.20. The predicted octanol–water partition coefficient (Wildman–Crippen LogP) is 4.83. The number of phenols is 1. The van der Waals surface area contributed by atoms with E-state index in [-0.39, 0.29) is 16.6 Å². The zero-order valence-electron chi connectivity index (χ0n) is 14.7. The smallest absolute Gasteiger partial charge is 0.262 e. The van der Waals surface area contributed by atoms with E-state index in [2.05, 4.69) is 26.0 Å². The summed E-state index contributed by atoms with van der Waals surface area (Å²) < 4.78 is 29.6. The summed E-state index contributed by atoms with van der Waals surface area (Å²) in [7, 11) is -3.98. The van der Waals surface area contributed by atoms with Crippen LogP contribution in [0.4, 0.5) is 11.4 Å². The van der Waals surface area contributed by atoms with Gasteiger partial charge in [-0.25, -0.2) is 8.42 Å². The molecule has 0 saturated heterocycles. The van der Waals surface area contributed by atoms with E-state index in [1.807, 2.05) is 0 Å². The van der Waals surface area contributed by atoms with Crippen molar-refractivity contribution >= 4 is 64.8 Å². The quantitative estimate of drug-likeness (QED) is 0.375. The van der Waals surface area contributed by atoms with Gasteiger partial charge in [-0.1, -0.05) is 36.4 Å². The van der Waals surface area contributed by atoms with E-state index in [9.17, 15) is 18.3 Å². The van der Waals surface area contributed by atoms with Gasteiger partial charge in [-0.05, 0) is 40.2 Å². The molecule has 1 aliphatic rings. The Kier molecular flexibility index (Phi) is 3.84. The van der Waals surface area contributed by atoms with Crippen LogP contribution in [-0.4, -0.2) is 19.4 Å². The van der Waals surface area contributed by atoms with Gasteiger partial charge < -0.3 is 10.4 Å². The molecule has 0 fully saturated rings. The van der Waals surface area contributed by atoms with E-state index in [4.69, 9.17) is 0 Å². The van der Waals surface area contributed by atoms with Gasteiger partial charge in [-0.2, -0.15) is 0 Å². The van der Waals surface area contributed by atoms with Crippen LogP contribution in [0, 0.1) is 0 Å². The average molecular weight is 469 g/mol. The summed E-state index contributed by atoms with van der Waals surface area (Å²) in [6.45, 7) is 0. The Morgan fingerprint density at radius 1 is 0.931 bits per heavy atom. The summed E-state index contributed by atoms with van der Waals surface area (Å²) in [6, 6.07) is 16.6. The highest BCUT2D eigenvalue weighted by Gasteiger charge is 2.26. The van der Waals surface area contributed by atoms with Crippen molar-refractivity contribution < 1.29 is 18.3 Å². The molecule has 4 aromatic carbocycles. The van der Waals surface area contributed by atoms with Gasteiger partial charge >= 0.3 is 0 Å². The standard InChI is InChI=1S/C21H13BrN2O4S/c22-15-10-17(11-4-1-2-5-12(11)20(15)25)24-29(27,28)18-9-8-16-19-13(18)6-3-7-14(19)21(26)23-16/h1-10,24-25H,(H,23,26). The number of rotatable bonds is 3. The van der Waals surface area contributed by atoms with Crippen LogP contribution in [0.5, 0.6) is 5.75 Å². The van der Waals surface area contributed by atoms with Gasteiger partial charge in [0.1, 0.15) is 5.75 Å². The second-order valence-electron chi connectivity index (χ2n) is 6.70. The first kappa shape index (κ1) is 18.0. The highest BCUT2D eigenvalue weighted by molar-refractivity contribution is 9.10. The third-order valence-corrected chi connectivity index (χ3v) is 7.03. The molecule has 8 heteroatoms. The van der Waals surface area contributed by atoms with E-state index in [0.29, 0.717) is 43.0 Å². The molecule has 0 saturated carbocycles. The van der Waals surface area contributed by atoms with Gasteiger partial charge in [0, 0.05) is 32.8 Å². The summed E-state index contributed by atoms with van der Waals surface area (Å²) in [5.74, 6) is -0.208. The molecule has 5 rings (SSSR count). The lowest BCUT2D eigenvalue weighted by atomic mass is 10.1. The number of aromatic hydroxyl groups is 1. The zero-order chi connectivity index (χ0) is 20.3. The number of sulfonamides is 1. The van der Waals surface area contributed by atoms with E-state index in [1.165, 1.54) is 12.1 Å². The molecular formula is C21H13BrN2O4S.